The maximum absolute atomic E-state index is 9.40. The Kier molecular flexibility index (Phi) is 5.20. The van der Waals surface area contributed by atoms with Crippen molar-refractivity contribution in [3.8, 4) is 6.07 Å². The molecule has 4 rings (SSSR count). The molecule has 1 heterocycles. The molecule has 3 saturated carbocycles. The van der Waals surface area contributed by atoms with Crippen LogP contribution < -0.4 is 0 Å². The van der Waals surface area contributed by atoms with Gasteiger partial charge in [-0.1, -0.05) is 45.4 Å². The van der Waals surface area contributed by atoms with Crippen molar-refractivity contribution in [1.29, 1.82) is 5.26 Å². The third-order valence-corrected chi connectivity index (χ3v) is 7.36. The predicted octanol–water partition coefficient (Wildman–Crippen LogP) is 4.97. The Hall–Kier alpha value is -0.525. The summed E-state index contributed by atoms with van der Waals surface area (Å²) < 4.78 is 13.2. The molecular weight excluding hydrogens is 297 g/mol. The molecule has 0 aromatic heterocycles. The molecule has 3 nitrogen and oxygen atoms in total. The Morgan fingerprint density at radius 1 is 0.833 bits per heavy atom. The van der Waals surface area contributed by atoms with Crippen molar-refractivity contribution in [3.63, 3.8) is 0 Å². The predicted molar refractivity (Wildman–Crippen MR) is 95.3 cm³/mol. The molecule has 0 radical (unpaired) electrons. The van der Waals surface area contributed by atoms with Crippen molar-refractivity contribution < 1.29 is 9.31 Å². The minimum atomic E-state index is -0.114. The summed E-state index contributed by atoms with van der Waals surface area (Å²) in [7, 11) is -0.114. The summed E-state index contributed by atoms with van der Waals surface area (Å²) in [6, 6.07) is 2.49. The highest BCUT2D eigenvalue weighted by Gasteiger charge is 2.56. The molecule has 0 N–H and O–H groups in total. The molecule has 5 atom stereocenters. The molecule has 1 saturated heterocycles. The molecule has 0 aromatic rings. The van der Waals surface area contributed by atoms with Gasteiger partial charge < -0.3 is 9.31 Å². The van der Waals surface area contributed by atoms with Gasteiger partial charge >= 0.3 is 7.12 Å². The summed E-state index contributed by atoms with van der Waals surface area (Å²) in [4.78, 5) is 0. The van der Waals surface area contributed by atoms with Crippen LogP contribution in [0.4, 0.5) is 0 Å². The molecule has 4 fully saturated rings. The van der Waals surface area contributed by atoms with Gasteiger partial charge in [-0.25, -0.2) is 0 Å². The average Bonchev–Trinajstić information content (AvgIpc) is 3.05. The minimum absolute atomic E-state index is 0.114. The smallest absolute Gasteiger partial charge is 0.405 e. The van der Waals surface area contributed by atoms with Crippen LogP contribution in [0.25, 0.3) is 0 Å². The number of rotatable bonds is 3. The first-order valence-corrected chi connectivity index (χ1v) is 10.5. The van der Waals surface area contributed by atoms with E-state index >= 15 is 0 Å². The molecule has 132 valence electrons. The molecule has 4 aliphatic rings. The van der Waals surface area contributed by atoms with Crippen LogP contribution in [0.3, 0.4) is 0 Å². The van der Waals surface area contributed by atoms with E-state index in [0.717, 1.165) is 6.42 Å². The molecule has 1 aliphatic heterocycles. The van der Waals surface area contributed by atoms with Crippen molar-refractivity contribution in [3.05, 3.63) is 0 Å². The number of nitrogens with zero attached hydrogens (tertiary/aromatic N) is 1. The van der Waals surface area contributed by atoms with E-state index in [2.05, 4.69) is 13.0 Å². The summed E-state index contributed by atoms with van der Waals surface area (Å²) in [6.45, 7) is 2.26. The Labute approximate surface area is 147 Å². The molecule has 0 bridgehead atoms. The summed E-state index contributed by atoms with van der Waals surface area (Å²) >= 11 is 0. The van der Waals surface area contributed by atoms with Crippen LogP contribution in [0.1, 0.15) is 77.6 Å². The van der Waals surface area contributed by atoms with E-state index in [1.807, 2.05) is 0 Å². The SMILES string of the molecule is C[C@H]1C[C@@H](C#N)[C@@H]1B1O[C@H](C2CCCCC2)[C@@H](C2CCCCC2)O1. The largest absolute Gasteiger partial charge is 0.462 e. The van der Waals surface area contributed by atoms with Crippen molar-refractivity contribution in [1.82, 2.24) is 0 Å². The summed E-state index contributed by atoms with van der Waals surface area (Å²) in [5, 5.41) is 9.40. The van der Waals surface area contributed by atoms with Gasteiger partial charge in [0.2, 0.25) is 0 Å². The fraction of sp³-hybridized carbons (Fsp3) is 0.950. The second kappa shape index (κ2) is 7.38. The van der Waals surface area contributed by atoms with Crippen molar-refractivity contribution in [2.75, 3.05) is 0 Å². The molecule has 0 amide bonds. The number of nitriles is 1. The molecule has 3 aliphatic carbocycles. The first-order valence-electron chi connectivity index (χ1n) is 10.5. The molecular formula is C20H32BNO2. The van der Waals surface area contributed by atoms with Gasteiger partial charge in [0.05, 0.1) is 18.3 Å². The highest BCUT2D eigenvalue weighted by atomic mass is 16.7. The highest BCUT2D eigenvalue weighted by Crippen LogP contribution is 2.51. The fourth-order valence-corrected chi connectivity index (χ4v) is 5.87. The van der Waals surface area contributed by atoms with Crippen LogP contribution in [-0.4, -0.2) is 19.3 Å². The summed E-state index contributed by atoms with van der Waals surface area (Å²) in [6.07, 6.45) is 15.1. The molecule has 0 spiro atoms. The van der Waals surface area contributed by atoms with Gasteiger partial charge in [0, 0.05) is 11.7 Å². The third-order valence-electron chi connectivity index (χ3n) is 7.36. The molecule has 0 aromatic carbocycles. The third kappa shape index (κ3) is 3.15. The van der Waals surface area contributed by atoms with E-state index in [9.17, 15) is 5.26 Å². The molecule has 4 heteroatoms. The lowest BCUT2D eigenvalue weighted by Crippen LogP contribution is -2.41. The topological polar surface area (TPSA) is 42.2 Å². The molecule has 0 unspecified atom stereocenters. The lowest BCUT2D eigenvalue weighted by atomic mass is 9.49. The Balaban J connectivity index is 1.49. The summed E-state index contributed by atoms with van der Waals surface area (Å²) in [5.41, 5.74) is 0. The van der Waals surface area contributed by atoms with Crippen molar-refractivity contribution in [2.24, 2.45) is 23.7 Å². The van der Waals surface area contributed by atoms with Gasteiger partial charge in [0.25, 0.3) is 0 Å². The minimum Gasteiger partial charge on any atom is -0.405 e. The summed E-state index contributed by atoms with van der Waals surface area (Å²) in [5.74, 6) is 2.38. The van der Waals surface area contributed by atoms with Crippen LogP contribution in [0.5, 0.6) is 0 Å². The Bertz CT molecular complexity index is 441. The lowest BCUT2D eigenvalue weighted by molar-refractivity contribution is 0.0324. The number of hydrogen-bond acceptors (Lipinski definition) is 3. The van der Waals surface area contributed by atoms with Gasteiger partial charge in [-0.15, -0.1) is 0 Å². The van der Waals surface area contributed by atoms with Gasteiger partial charge in [0.1, 0.15) is 0 Å². The second-order valence-corrected chi connectivity index (χ2v) is 8.89. The van der Waals surface area contributed by atoms with E-state index < -0.39 is 0 Å². The monoisotopic (exact) mass is 329 g/mol. The standard InChI is InChI=1S/C20H32BNO2/c1-14-12-17(13-22)18(14)21-23-19(15-8-4-2-5-9-15)20(24-21)16-10-6-3-7-11-16/h14-20H,2-12H2,1H3/t14-,17-,18+,19+,20+/m0/s1. The Morgan fingerprint density at radius 2 is 1.33 bits per heavy atom. The van der Waals surface area contributed by atoms with E-state index in [4.69, 9.17) is 9.31 Å². The lowest BCUT2D eigenvalue weighted by Gasteiger charge is -2.39. The van der Waals surface area contributed by atoms with E-state index in [0.29, 0.717) is 35.8 Å². The van der Waals surface area contributed by atoms with Gasteiger partial charge in [0.15, 0.2) is 0 Å². The van der Waals surface area contributed by atoms with Crippen molar-refractivity contribution in [2.45, 2.75) is 95.6 Å². The maximum Gasteiger partial charge on any atom is 0.462 e. The van der Waals surface area contributed by atoms with Gasteiger partial charge in [-0.05, 0) is 49.9 Å². The zero-order valence-electron chi connectivity index (χ0n) is 15.2. The van der Waals surface area contributed by atoms with Gasteiger partial charge in [-0.3, -0.25) is 0 Å². The van der Waals surface area contributed by atoms with E-state index in [1.165, 1.54) is 64.2 Å². The zero-order valence-corrected chi connectivity index (χ0v) is 15.2. The first-order chi connectivity index (χ1) is 11.8. The van der Waals surface area contributed by atoms with E-state index in [-0.39, 0.29) is 13.0 Å². The Morgan fingerprint density at radius 3 is 1.75 bits per heavy atom. The zero-order chi connectivity index (χ0) is 16.5. The van der Waals surface area contributed by atoms with Gasteiger partial charge in [-0.2, -0.15) is 5.26 Å². The number of hydrogen-bond donors (Lipinski definition) is 0. The van der Waals surface area contributed by atoms with Crippen LogP contribution in [0.2, 0.25) is 5.82 Å². The average molecular weight is 329 g/mol. The van der Waals surface area contributed by atoms with E-state index in [1.54, 1.807) is 0 Å². The van der Waals surface area contributed by atoms with Crippen LogP contribution in [0.15, 0.2) is 0 Å². The van der Waals surface area contributed by atoms with Crippen LogP contribution in [0, 0.1) is 35.0 Å². The normalized spacial score (nSPS) is 41.8. The quantitative estimate of drug-likeness (QED) is 0.687. The fourth-order valence-electron chi connectivity index (χ4n) is 5.87. The van der Waals surface area contributed by atoms with Crippen LogP contribution >= 0.6 is 0 Å². The second-order valence-electron chi connectivity index (χ2n) is 8.89. The molecule has 24 heavy (non-hydrogen) atoms. The van der Waals surface area contributed by atoms with Crippen molar-refractivity contribution >= 4 is 7.12 Å². The highest BCUT2D eigenvalue weighted by molar-refractivity contribution is 6.47. The maximum atomic E-state index is 9.40. The van der Waals surface area contributed by atoms with Crippen LogP contribution in [-0.2, 0) is 9.31 Å². The first kappa shape index (κ1) is 16.9.